The molecule has 0 spiro atoms. The van der Waals surface area contributed by atoms with E-state index in [1.807, 2.05) is 0 Å². The number of hydrogen-bond donors (Lipinski definition) is 1. The molecule has 0 aliphatic heterocycles. The maximum atomic E-state index is 12.3. The van der Waals surface area contributed by atoms with Gasteiger partial charge in [-0.3, -0.25) is 4.79 Å². The summed E-state index contributed by atoms with van der Waals surface area (Å²) in [6.07, 6.45) is 6.75. The SMILES string of the molecule is O=C(Nc1ccc2c3c(cccc13)CC2)C1CCCC1. The van der Waals surface area contributed by atoms with Crippen LogP contribution < -0.4 is 5.32 Å². The minimum Gasteiger partial charge on any atom is -0.325 e. The fourth-order valence-corrected chi connectivity index (χ4v) is 3.78. The topological polar surface area (TPSA) is 29.1 Å². The van der Waals surface area contributed by atoms with E-state index >= 15 is 0 Å². The van der Waals surface area contributed by atoms with Crippen molar-refractivity contribution in [2.45, 2.75) is 38.5 Å². The zero-order valence-corrected chi connectivity index (χ0v) is 11.6. The van der Waals surface area contributed by atoms with Crippen LogP contribution in [-0.4, -0.2) is 5.91 Å². The summed E-state index contributed by atoms with van der Waals surface area (Å²) in [5, 5.41) is 5.75. The summed E-state index contributed by atoms with van der Waals surface area (Å²) in [4.78, 5) is 12.3. The first kappa shape index (κ1) is 12.0. The molecule has 1 saturated carbocycles. The van der Waals surface area contributed by atoms with Gasteiger partial charge >= 0.3 is 0 Å². The predicted octanol–water partition coefficient (Wildman–Crippen LogP) is 4.07. The lowest BCUT2D eigenvalue weighted by atomic mass is 10.0. The number of hydrogen-bond acceptors (Lipinski definition) is 1. The monoisotopic (exact) mass is 265 g/mol. The Morgan fingerprint density at radius 2 is 1.75 bits per heavy atom. The second-order valence-corrected chi connectivity index (χ2v) is 6.08. The van der Waals surface area contributed by atoms with Crippen molar-refractivity contribution in [2.75, 3.05) is 5.32 Å². The van der Waals surface area contributed by atoms with E-state index in [0.29, 0.717) is 0 Å². The summed E-state index contributed by atoms with van der Waals surface area (Å²) < 4.78 is 0. The van der Waals surface area contributed by atoms with Crippen molar-refractivity contribution in [3.05, 3.63) is 41.5 Å². The Labute approximate surface area is 119 Å². The van der Waals surface area contributed by atoms with Crippen LogP contribution in [0, 0.1) is 5.92 Å². The third kappa shape index (κ3) is 1.82. The van der Waals surface area contributed by atoms with E-state index in [4.69, 9.17) is 0 Å². The van der Waals surface area contributed by atoms with Crippen molar-refractivity contribution < 1.29 is 4.79 Å². The van der Waals surface area contributed by atoms with Gasteiger partial charge in [-0.1, -0.05) is 37.1 Å². The molecule has 2 aliphatic carbocycles. The molecule has 20 heavy (non-hydrogen) atoms. The van der Waals surface area contributed by atoms with Crippen molar-refractivity contribution in [2.24, 2.45) is 5.92 Å². The summed E-state index contributed by atoms with van der Waals surface area (Å²) in [6, 6.07) is 10.7. The fourth-order valence-electron chi connectivity index (χ4n) is 3.78. The van der Waals surface area contributed by atoms with Gasteiger partial charge in [0.15, 0.2) is 0 Å². The molecule has 0 saturated heterocycles. The Bertz CT molecular complexity index is 673. The zero-order valence-electron chi connectivity index (χ0n) is 11.6. The Kier molecular flexibility index (Phi) is 2.76. The normalized spacial score (nSPS) is 17.8. The van der Waals surface area contributed by atoms with E-state index in [9.17, 15) is 4.79 Å². The quantitative estimate of drug-likeness (QED) is 0.871. The summed E-state index contributed by atoms with van der Waals surface area (Å²) in [6.45, 7) is 0. The molecule has 0 unspecified atom stereocenters. The van der Waals surface area contributed by atoms with Gasteiger partial charge in [-0.25, -0.2) is 0 Å². The molecule has 2 aliphatic rings. The second kappa shape index (κ2) is 4.62. The number of carbonyl (C=O) groups is 1. The van der Waals surface area contributed by atoms with Crippen LogP contribution in [0.5, 0.6) is 0 Å². The van der Waals surface area contributed by atoms with Crippen molar-refractivity contribution in [1.82, 2.24) is 0 Å². The number of benzene rings is 2. The lowest BCUT2D eigenvalue weighted by Crippen LogP contribution is -2.20. The van der Waals surface area contributed by atoms with Crippen LogP contribution in [0.15, 0.2) is 30.3 Å². The Hall–Kier alpha value is -1.83. The van der Waals surface area contributed by atoms with Crippen LogP contribution in [-0.2, 0) is 17.6 Å². The van der Waals surface area contributed by atoms with Crippen LogP contribution >= 0.6 is 0 Å². The minimum atomic E-state index is 0.209. The van der Waals surface area contributed by atoms with E-state index in [1.165, 1.54) is 34.7 Å². The molecule has 2 aromatic rings. The predicted molar refractivity (Wildman–Crippen MR) is 81.9 cm³/mol. The maximum Gasteiger partial charge on any atom is 0.227 e. The van der Waals surface area contributed by atoms with Gasteiger partial charge in [0.1, 0.15) is 0 Å². The first-order chi connectivity index (χ1) is 9.83. The highest BCUT2D eigenvalue weighted by molar-refractivity contribution is 6.05. The minimum absolute atomic E-state index is 0.209. The highest BCUT2D eigenvalue weighted by Crippen LogP contribution is 2.35. The number of rotatable bonds is 2. The van der Waals surface area contributed by atoms with Gasteiger partial charge in [-0.2, -0.15) is 0 Å². The Balaban J connectivity index is 1.72. The van der Waals surface area contributed by atoms with Gasteiger partial charge < -0.3 is 5.32 Å². The largest absolute Gasteiger partial charge is 0.325 e. The first-order valence-corrected chi connectivity index (χ1v) is 7.67. The average molecular weight is 265 g/mol. The number of carbonyl (C=O) groups excluding carboxylic acids is 1. The van der Waals surface area contributed by atoms with Crippen LogP contribution in [0.1, 0.15) is 36.8 Å². The molecule has 1 amide bonds. The second-order valence-electron chi connectivity index (χ2n) is 6.08. The Morgan fingerprint density at radius 1 is 1.00 bits per heavy atom. The fraction of sp³-hybridized carbons (Fsp3) is 0.389. The van der Waals surface area contributed by atoms with Crippen molar-refractivity contribution in [3.63, 3.8) is 0 Å². The first-order valence-electron chi connectivity index (χ1n) is 7.67. The van der Waals surface area contributed by atoms with Crippen LogP contribution in [0.2, 0.25) is 0 Å². The molecule has 102 valence electrons. The van der Waals surface area contributed by atoms with Gasteiger partial charge in [-0.15, -0.1) is 0 Å². The number of amides is 1. The van der Waals surface area contributed by atoms with Crippen LogP contribution in [0.4, 0.5) is 5.69 Å². The molecule has 2 heteroatoms. The number of nitrogens with one attached hydrogen (secondary N) is 1. The van der Waals surface area contributed by atoms with Crippen molar-refractivity contribution in [3.8, 4) is 0 Å². The van der Waals surface area contributed by atoms with E-state index in [0.717, 1.165) is 31.4 Å². The Morgan fingerprint density at radius 3 is 2.55 bits per heavy atom. The third-order valence-electron chi connectivity index (χ3n) is 4.86. The smallest absolute Gasteiger partial charge is 0.227 e. The van der Waals surface area contributed by atoms with Crippen LogP contribution in [0.3, 0.4) is 0 Å². The highest BCUT2D eigenvalue weighted by Gasteiger charge is 2.23. The zero-order chi connectivity index (χ0) is 13.5. The van der Waals surface area contributed by atoms with Gasteiger partial charge in [0.2, 0.25) is 5.91 Å². The summed E-state index contributed by atoms with van der Waals surface area (Å²) in [5.41, 5.74) is 3.84. The molecule has 2 nitrogen and oxygen atoms in total. The molecule has 0 radical (unpaired) electrons. The molecule has 1 fully saturated rings. The molecular formula is C18H19NO. The van der Waals surface area contributed by atoms with E-state index in [-0.39, 0.29) is 11.8 Å². The van der Waals surface area contributed by atoms with E-state index < -0.39 is 0 Å². The summed E-state index contributed by atoms with van der Waals surface area (Å²) in [7, 11) is 0. The summed E-state index contributed by atoms with van der Waals surface area (Å²) in [5.74, 6) is 0.430. The van der Waals surface area contributed by atoms with Gasteiger partial charge in [-0.05, 0) is 48.3 Å². The van der Waals surface area contributed by atoms with E-state index in [2.05, 4.69) is 35.6 Å². The molecule has 0 atom stereocenters. The van der Waals surface area contributed by atoms with Gasteiger partial charge in [0, 0.05) is 17.0 Å². The number of anilines is 1. The third-order valence-corrected chi connectivity index (χ3v) is 4.86. The molecule has 2 aromatic carbocycles. The highest BCUT2D eigenvalue weighted by atomic mass is 16.1. The molecule has 0 aromatic heterocycles. The molecular weight excluding hydrogens is 246 g/mol. The summed E-state index contributed by atoms with van der Waals surface area (Å²) >= 11 is 0. The molecule has 0 bridgehead atoms. The lowest BCUT2D eigenvalue weighted by molar-refractivity contribution is -0.119. The van der Waals surface area contributed by atoms with Crippen molar-refractivity contribution >= 4 is 22.4 Å². The van der Waals surface area contributed by atoms with Crippen LogP contribution in [0.25, 0.3) is 10.8 Å². The standard InChI is InChI=1S/C18H19NO/c20-18(14-4-1-2-5-14)19-16-11-10-13-9-8-12-6-3-7-15(16)17(12)13/h3,6-7,10-11,14H,1-2,4-5,8-9H2,(H,19,20). The molecule has 1 N–H and O–H groups in total. The molecule has 4 rings (SSSR count). The average Bonchev–Trinajstić information content (AvgIpc) is 3.12. The van der Waals surface area contributed by atoms with Gasteiger partial charge in [0.05, 0.1) is 0 Å². The maximum absolute atomic E-state index is 12.3. The number of aryl methyl sites for hydroxylation is 2. The van der Waals surface area contributed by atoms with Crippen molar-refractivity contribution in [1.29, 1.82) is 0 Å². The van der Waals surface area contributed by atoms with E-state index in [1.54, 1.807) is 0 Å². The lowest BCUT2D eigenvalue weighted by Gasteiger charge is -2.13. The molecule has 0 heterocycles. The van der Waals surface area contributed by atoms with Gasteiger partial charge in [0.25, 0.3) is 0 Å².